The van der Waals surface area contributed by atoms with Gasteiger partial charge in [0.05, 0.1) is 6.07 Å². The maximum absolute atomic E-state index is 10.3. The van der Waals surface area contributed by atoms with E-state index in [1.165, 1.54) is 0 Å². The van der Waals surface area contributed by atoms with Crippen molar-refractivity contribution in [1.82, 2.24) is 0 Å². The average molecular weight is 170 g/mol. The van der Waals surface area contributed by atoms with Crippen molar-refractivity contribution < 1.29 is 9.90 Å². The van der Waals surface area contributed by atoms with Gasteiger partial charge in [0.15, 0.2) is 0 Å². The Balaban J connectivity index is 4.38. The molecule has 6 heteroatoms. The lowest BCUT2D eigenvalue weighted by Crippen LogP contribution is -2.35. The standard InChI is InChI=1S/C6H10N4O2/c7-1-4(8)5(2-11)10-6(9)3-12/h2,4-5,12H,3,8H2,(H2,9,10). The minimum absolute atomic E-state index is 0.113. The molecule has 0 aliphatic carbocycles. The first kappa shape index (κ1) is 10.6. The number of carbonyl (C=O) groups is 1. The first-order valence-corrected chi connectivity index (χ1v) is 3.19. The summed E-state index contributed by atoms with van der Waals surface area (Å²) < 4.78 is 0. The third-order valence-corrected chi connectivity index (χ3v) is 1.13. The minimum atomic E-state index is -1.02. The van der Waals surface area contributed by atoms with Crippen LogP contribution in [0.25, 0.3) is 0 Å². The fourth-order valence-corrected chi connectivity index (χ4v) is 0.504. The Morgan fingerprint density at radius 2 is 2.42 bits per heavy atom. The number of hydrogen-bond acceptors (Lipinski definition) is 5. The van der Waals surface area contributed by atoms with E-state index in [9.17, 15) is 4.79 Å². The maximum atomic E-state index is 10.3. The molecule has 0 radical (unpaired) electrons. The van der Waals surface area contributed by atoms with Gasteiger partial charge in [-0.05, 0) is 0 Å². The summed E-state index contributed by atoms with van der Waals surface area (Å²) in [6, 6.07) is -0.371. The molecule has 0 fully saturated rings. The molecule has 0 heterocycles. The molecule has 0 spiro atoms. The van der Waals surface area contributed by atoms with E-state index in [-0.39, 0.29) is 5.84 Å². The normalized spacial score (nSPS) is 16.2. The molecule has 2 unspecified atom stereocenters. The number of nitrogens with zero attached hydrogens (tertiary/aromatic N) is 2. The van der Waals surface area contributed by atoms with E-state index in [1.807, 2.05) is 0 Å². The number of nitrogens with two attached hydrogens (primary N) is 2. The van der Waals surface area contributed by atoms with E-state index in [1.54, 1.807) is 6.07 Å². The molecule has 0 aromatic carbocycles. The van der Waals surface area contributed by atoms with Crippen LogP contribution in [0.3, 0.4) is 0 Å². The monoisotopic (exact) mass is 170 g/mol. The van der Waals surface area contributed by atoms with Crippen molar-refractivity contribution in [3.8, 4) is 6.07 Å². The Labute approximate surface area is 69.5 Å². The second-order valence-electron chi connectivity index (χ2n) is 2.06. The van der Waals surface area contributed by atoms with E-state index in [0.29, 0.717) is 6.29 Å². The summed E-state index contributed by atoms with van der Waals surface area (Å²) in [4.78, 5) is 13.8. The summed E-state index contributed by atoms with van der Waals surface area (Å²) in [5.41, 5.74) is 10.3. The van der Waals surface area contributed by atoms with E-state index >= 15 is 0 Å². The Morgan fingerprint density at radius 1 is 1.83 bits per heavy atom. The van der Waals surface area contributed by atoms with Crippen molar-refractivity contribution in [2.75, 3.05) is 6.61 Å². The third kappa shape index (κ3) is 3.09. The van der Waals surface area contributed by atoms with Gasteiger partial charge in [0.1, 0.15) is 30.8 Å². The van der Waals surface area contributed by atoms with Crippen LogP contribution in [0.5, 0.6) is 0 Å². The number of aldehydes is 1. The Hall–Kier alpha value is -1.45. The zero-order chi connectivity index (χ0) is 9.56. The predicted octanol–water partition coefficient (Wildman–Crippen LogP) is -2.25. The lowest BCUT2D eigenvalue weighted by Gasteiger charge is -2.06. The van der Waals surface area contributed by atoms with Gasteiger partial charge in [0, 0.05) is 0 Å². The van der Waals surface area contributed by atoms with Gasteiger partial charge in [-0.2, -0.15) is 5.26 Å². The highest BCUT2D eigenvalue weighted by Gasteiger charge is 2.14. The van der Waals surface area contributed by atoms with Crippen molar-refractivity contribution in [2.45, 2.75) is 12.1 Å². The highest BCUT2D eigenvalue weighted by molar-refractivity contribution is 5.83. The van der Waals surface area contributed by atoms with Gasteiger partial charge >= 0.3 is 0 Å². The zero-order valence-electron chi connectivity index (χ0n) is 6.34. The summed E-state index contributed by atoms with van der Waals surface area (Å²) in [6.07, 6.45) is 0.413. The first-order valence-electron chi connectivity index (χ1n) is 3.19. The fraction of sp³-hybridized carbons (Fsp3) is 0.500. The van der Waals surface area contributed by atoms with Crippen LogP contribution >= 0.6 is 0 Å². The van der Waals surface area contributed by atoms with Crippen LogP contribution < -0.4 is 11.5 Å². The van der Waals surface area contributed by atoms with Crippen LogP contribution in [-0.4, -0.2) is 35.9 Å². The molecule has 0 saturated carbocycles. The minimum Gasteiger partial charge on any atom is -0.388 e. The summed E-state index contributed by atoms with van der Waals surface area (Å²) in [6.45, 7) is -0.456. The van der Waals surface area contributed by atoms with Crippen LogP contribution in [0.1, 0.15) is 0 Å². The topological polar surface area (TPSA) is 125 Å². The summed E-state index contributed by atoms with van der Waals surface area (Å²) in [5, 5.41) is 16.8. The lowest BCUT2D eigenvalue weighted by molar-refractivity contribution is -0.108. The largest absolute Gasteiger partial charge is 0.388 e. The molecule has 0 saturated heterocycles. The van der Waals surface area contributed by atoms with E-state index in [0.717, 1.165) is 0 Å². The number of amidine groups is 1. The van der Waals surface area contributed by atoms with Gasteiger partial charge in [0.2, 0.25) is 0 Å². The molecular formula is C6H10N4O2. The molecule has 6 nitrogen and oxygen atoms in total. The average Bonchev–Trinajstić information content (AvgIpc) is 2.12. The molecule has 0 aliphatic heterocycles. The molecule has 66 valence electrons. The highest BCUT2D eigenvalue weighted by atomic mass is 16.3. The van der Waals surface area contributed by atoms with Crippen molar-refractivity contribution in [3.05, 3.63) is 0 Å². The van der Waals surface area contributed by atoms with Crippen LogP contribution in [-0.2, 0) is 4.79 Å². The Bertz CT molecular complexity index is 220. The number of aliphatic imine (C=N–C) groups is 1. The van der Waals surface area contributed by atoms with Crippen molar-refractivity contribution >= 4 is 12.1 Å². The molecule has 0 aromatic rings. The molecule has 0 amide bonds. The van der Waals surface area contributed by atoms with Crippen LogP contribution in [0.2, 0.25) is 0 Å². The van der Waals surface area contributed by atoms with Crippen molar-refractivity contribution in [1.29, 1.82) is 5.26 Å². The first-order chi connectivity index (χ1) is 5.65. The van der Waals surface area contributed by atoms with Gasteiger partial charge in [0.25, 0.3) is 0 Å². The highest BCUT2D eigenvalue weighted by Crippen LogP contribution is 1.91. The predicted molar refractivity (Wildman–Crippen MR) is 42.1 cm³/mol. The summed E-state index contributed by atoms with van der Waals surface area (Å²) >= 11 is 0. The van der Waals surface area contributed by atoms with E-state index < -0.39 is 18.7 Å². The summed E-state index contributed by atoms with van der Waals surface area (Å²) in [5.74, 6) is -0.113. The fourth-order valence-electron chi connectivity index (χ4n) is 0.504. The number of aliphatic hydroxyl groups is 1. The van der Waals surface area contributed by atoms with E-state index in [2.05, 4.69) is 4.99 Å². The van der Waals surface area contributed by atoms with Gasteiger partial charge in [-0.1, -0.05) is 0 Å². The second-order valence-corrected chi connectivity index (χ2v) is 2.06. The van der Waals surface area contributed by atoms with E-state index in [4.69, 9.17) is 21.8 Å². The van der Waals surface area contributed by atoms with Crippen molar-refractivity contribution in [2.24, 2.45) is 16.5 Å². The quantitative estimate of drug-likeness (QED) is 0.250. The number of aliphatic hydroxyl groups excluding tert-OH is 1. The summed E-state index contributed by atoms with van der Waals surface area (Å²) in [7, 11) is 0. The molecule has 0 aliphatic rings. The molecule has 0 bridgehead atoms. The molecular weight excluding hydrogens is 160 g/mol. The van der Waals surface area contributed by atoms with Crippen molar-refractivity contribution in [3.63, 3.8) is 0 Å². The molecule has 0 aromatic heterocycles. The molecule has 5 N–H and O–H groups in total. The third-order valence-electron chi connectivity index (χ3n) is 1.13. The van der Waals surface area contributed by atoms with Gasteiger partial charge in [-0.25, -0.2) is 0 Å². The van der Waals surface area contributed by atoms with Crippen LogP contribution in [0.4, 0.5) is 0 Å². The lowest BCUT2D eigenvalue weighted by atomic mass is 10.2. The maximum Gasteiger partial charge on any atom is 0.147 e. The SMILES string of the molecule is N#CC(N)C(C=O)N=C(N)CO. The Morgan fingerprint density at radius 3 is 2.75 bits per heavy atom. The molecule has 0 rings (SSSR count). The van der Waals surface area contributed by atoms with Crippen LogP contribution in [0, 0.1) is 11.3 Å². The van der Waals surface area contributed by atoms with Crippen LogP contribution in [0.15, 0.2) is 4.99 Å². The van der Waals surface area contributed by atoms with Gasteiger partial charge in [-0.3, -0.25) is 4.99 Å². The zero-order valence-corrected chi connectivity index (χ0v) is 6.34. The van der Waals surface area contributed by atoms with Gasteiger partial charge < -0.3 is 21.4 Å². The number of carbonyl (C=O) groups excluding carboxylic acids is 1. The number of nitriles is 1. The smallest absolute Gasteiger partial charge is 0.147 e. The second kappa shape index (κ2) is 5.23. The van der Waals surface area contributed by atoms with Gasteiger partial charge in [-0.15, -0.1) is 0 Å². The molecule has 12 heavy (non-hydrogen) atoms. The number of rotatable bonds is 4. The molecule has 2 atom stereocenters. The Kier molecular flexibility index (Phi) is 4.60. The number of hydrogen-bond donors (Lipinski definition) is 3.